The third-order valence-corrected chi connectivity index (χ3v) is 5.86. The van der Waals surface area contributed by atoms with Gasteiger partial charge < -0.3 is 25.5 Å². The van der Waals surface area contributed by atoms with Gasteiger partial charge in [0, 0.05) is 35.1 Å². The number of benzene rings is 3. The lowest BCUT2D eigenvalue weighted by molar-refractivity contribution is 0.438. The van der Waals surface area contributed by atoms with E-state index in [1.165, 1.54) is 12.1 Å². The predicted octanol–water partition coefficient (Wildman–Crippen LogP) is 3.70. The van der Waals surface area contributed by atoms with Gasteiger partial charge in [-0.2, -0.15) is 0 Å². The van der Waals surface area contributed by atoms with Gasteiger partial charge in [0.05, 0.1) is 0 Å². The van der Waals surface area contributed by atoms with Crippen molar-refractivity contribution in [2.45, 2.75) is 25.2 Å². The first-order valence-electron chi connectivity index (χ1n) is 8.79. The number of rotatable bonds is 0. The molecule has 0 aromatic heterocycles. The molecule has 5 N–H and O–H groups in total. The second-order valence-electron chi connectivity index (χ2n) is 7.46. The molecule has 0 radical (unpaired) electrons. The van der Waals surface area contributed by atoms with Crippen LogP contribution < -0.4 is 0 Å². The van der Waals surface area contributed by atoms with E-state index in [-0.39, 0.29) is 34.7 Å². The normalized spacial score (nSPS) is 19.1. The monoisotopic (exact) mass is 362 g/mol. The Labute approximate surface area is 155 Å². The number of aryl methyl sites for hydroxylation is 1. The maximum atomic E-state index is 10.6. The van der Waals surface area contributed by atoms with Crippen molar-refractivity contribution in [3.8, 4) is 28.7 Å². The first-order valence-corrected chi connectivity index (χ1v) is 8.79. The maximum Gasteiger partial charge on any atom is 0.123 e. The standard InChI is InChI=1S/C22H18O5/c1-9-2-13-14-4-10-3-11(23)6-18(26)20(10)22(15(13)8-17(9)25)16-5-12(24)7-19(27)21(14)16/h2-3,5-8,14,22-27H,4H2,1H3. The highest BCUT2D eigenvalue weighted by molar-refractivity contribution is 5.69. The Morgan fingerprint density at radius 2 is 1.33 bits per heavy atom. The molecule has 0 saturated carbocycles. The van der Waals surface area contributed by atoms with Crippen molar-refractivity contribution in [1.82, 2.24) is 0 Å². The molecule has 0 amide bonds. The van der Waals surface area contributed by atoms with Crippen molar-refractivity contribution in [3.05, 3.63) is 75.3 Å². The molecule has 6 rings (SSSR count). The van der Waals surface area contributed by atoms with Crippen LogP contribution in [0.1, 0.15) is 50.8 Å². The molecule has 3 aromatic carbocycles. The molecular weight excluding hydrogens is 344 g/mol. The van der Waals surface area contributed by atoms with Crippen LogP contribution in [0.2, 0.25) is 0 Å². The predicted molar refractivity (Wildman–Crippen MR) is 98.9 cm³/mol. The lowest BCUT2D eigenvalue weighted by Gasteiger charge is -2.32. The summed E-state index contributed by atoms with van der Waals surface area (Å²) < 4.78 is 0. The van der Waals surface area contributed by atoms with Gasteiger partial charge in [-0.25, -0.2) is 0 Å². The largest absolute Gasteiger partial charge is 0.508 e. The number of hydrogen-bond acceptors (Lipinski definition) is 5. The summed E-state index contributed by atoms with van der Waals surface area (Å²) in [6, 6.07) is 9.49. The zero-order valence-electron chi connectivity index (χ0n) is 14.6. The average Bonchev–Trinajstić information content (AvgIpc) is 2.79. The van der Waals surface area contributed by atoms with Gasteiger partial charge >= 0.3 is 0 Å². The summed E-state index contributed by atoms with van der Waals surface area (Å²) in [5.41, 5.74) is 5.37. The van der Waals surface area contributed by atoms with Crippen molar-refractivity contribution in [3.63, 3.8) is 0 Å². The molecule has 3 aliphatic carbocycles. The summed E-state index contributed by atoms with van der Waals surface area (Å²) in [6.45, 7) is 1.82. The average molecular weight is 362 g/mol. The zero-order valence-corrected chi connectivity index (χ0v) is 14.6. The van der Waals surface area contributed by atoms with E-state index in [0.717, 1.165) is 22.3 Å². The lowest BCUT2D eigenvalue weighted by Crippen LogP contribution is -2.17. The fourth-order valence-corrected chi connectivity index (χ4v) is 4.80. The molecule has 0 fully saturated rings. The number of phenolic OH excluding ortho intramolecular Hbond substituents is 5. The summed E-state index contributed by atoms with van der Waals surface area (Å²) in [5, 5.41) is 51.6. The molecule has 0 aliphatic heterocycles. The lowest BCUT2D eigenvalue weighted by atomic mass is 9.71. The molecule has 0 spiro atoms. The molecule has 136 valence electrons. The molecule has 2 atom stereocenters. The molecule has 3 aromatic rings. The van der Waals surface area contributed by atoms with Crippen LogP contribution in [0.3, 0.4) is 0 Å². The van der Waals surface area contributed by atoms with E-state index < -0.39 is 5.92 Å². The smallest absolute Gasteiger partial charge is 0.123 e. The van der Waals surface area contributed by atoms with Crippen LogP contribution in [0, 0.1) is 6.92 Å². The van der Waals surface area contributed by atoms with Crippen molar-refractivity contribution in [2.75, 3.05) is 0 Å². The second kappa shape index (κ2) is 5.10. The van der Waals surface area contributed by atoms with Gasteiger partial charge in [-0.3, -0.25) is 0 Å². The van der Waals surface area contributed by atoms with Crippen LogP contribution in [-0.2, 0) is 6.42 Å². The Kier molecular flexibility index (Phi) is 3.00. The molecule has 5 heteroatoms. The highest BCUT2D eigenvalue weighted by Crippen LogP contribution is 2.57. The van der Waals surface area contributed by atoms with Crippen molar-refractivity contribution in [2.24, 2.45) is 0 Å². The molecule has 0 heterocycles. The van der Waals surface area contributed by atoms with Gasteiger partial charge in [-0.15, -0.1) is 0 Å². The van der Waals surface area contributed by atoms with Gasteiger partial charge in [0.15, 0.2) is 0 Å². The first kappa shape index (κ1) is 15.9. The third-order valence-electron chi connectivity index (χ3n) is 5.86. The molecule has 27 heavy (non-hydrogen) atoms. The first-order chi connectivity index (χ1) is 12.8. The van der Waals surface area contributed by atoms with Crippen LogP contribution in [0.5, 0.6) is 28.7 Å². The van der Waals surface area contributed by atoms with E-state index in [1.807, 2.05) is 13.0 Å². The Hall–Kier alpha value is -3.34. The summed E-state index contributed by atoms with van der Waals surface area (Å²) in [5.74, 6) is -0.636. The van der Waals surface area contributed by atoms with Crippen LogP contribution in [0.4, 0.5) is 0 Å². The van der Waals surface area contributed by atoms with Gasteiger partial charge in [0.2, 0.25) is 0 Å². The Morgan fingerprint density at radius 1 is 0.667 bits per heavy atom. The highest BCUT2D eigenvalue weighted by atomic mass is 16.3. The van der Waals surface area contributed by atoms with Gasteiger partial charge in [0.1, 0.15) is 28.7 Å². The van der Waals surface area contributed by atoms with E-state index >= 15 is 0 Å². The molecule has 0 saturated heterocycles. The van der Waals surface area contributed by atoms with Crippen molar-refractivity contribution < 1.29 is 25.5 Å². The van der Waals surface area contributed by atoms with Gasteiger partial charge in [-0.1, -0.05) is 6.07 Å². The molecule has 2 unspecified atom stereocenters. The minimum absolute atomic E-state index is 0.00731. The summed E-state index contributed by atoms with van der Waals surface area (Å²) in [4.78, 5) is 0. The third kappa shape index (κ3) is 2.05. The van der Waals surface area contributed by atoms with Crippen LogP contribution in [-0.4, -0.2) is 25.5 Å². The quantitative estimate of drug-likeness (QED) is 0.420. The maximum absolute atomic E-state index is 10.6. The van der Waals surface area contributed by atoms with E-state index in [4.69, 9.17) is 0 Å². The minimum Gasteiger partial charge on any atom is -0.508 e. The van der Waals surface area contributed by atoms with E-state index in [9.17, 15) is 25.5 Å². The van der Waals surface area contributed by atoms with E-state index in [0.29, 0.717) is 23.1 Å². The fraction of sp³-hybridized carbons (Fsp3) is 0.182. The van der Waals surface area contributed by atoms with Crippen LogP contribution >= 0.6 is 0 Å². The van der Waals surface area contributed by atoms with E-state index in [1.54, 1.807) is 18.2 Å². The second-order valence-corrected chi connectivity index (χ2v) is 7.46. The summed E-state index contributed by atoms with van der Waals surface area (Å²) in [7, 11) is 0. The topological polar surface area (TPSA) is 101 Å². The zero-order chi connectivity index (χ0) is 19.0. The Bertz CT molecular complexity index is 1130. The molecule has 2 bridgehead atoms. The van der Waals surface area contributed by atoms with E-state index in [2.05, 4.69) is 0 Å². The van der Waals surface area contributed by atoms with Crippen LogP contribution in [0.25, 0.3) is 0 Å². The van der Waals surface area contributed by atoms with Gasteiger partial charge in [0.25, 0.3) is 0 Å². The number of hydrogen-bond donors (Lipinski definition) is 5. The van der Waals surface area contributed by atoms with Crippen molar-refractivity contribution in [1.29, 1.82) is 0 Å². The highest BCUT2D eigenvalue weighted by Gasteiger charge is 2.41. The summed E-state index contributed by atoms with van der Waals surface area (Å²) in [6.07, 6.45) is 0.482. The minimum atomic E-state index is -0.464. The number of phenols is 5. The van der Waals surface area contributed by atoms with Gasteiger partial charge in [-0.05, 0) is 59.4 Å². The van der Waals surface area contributed by atoms with Crippen LogP contribution in [0.15, 0.2) is 36.4 Å². The fourth-order valence-electron chi connectivity index (χ4n) is 4.80. The van der Waals surface area contributed by atoms with Crippen molar-refractivity contribution >= 4 is 0 Å². The Morgan fingerprint density at radius 3 is 2.07 bits per heavy atom. The Balaban J connectivity index is 1.94. The molecule has 3 aliphatic rings. The number of aromatic hydroxyl groups is 5. The summed E-state index contributed by atoms with van der Waals surface area (Å²) >= 11 is 0. The molecule has 5 nitrogen and oxygen atoms in total. The SMILES string of the molecule is Cc1cc2c(cc1O)C1c3cc(O)cc(O)c3C2Cc2cc(O)cc(O)c21. The molecular formula is C22H18O5.